The van der Waals surface area contributed by atoms with Crippen LogP contribution in [0.2, 0.25) is 0 Å². The summed E-state index contributed by atoms with van der Waals surface area (Å²) in [6.07, 6.45) is 1.98. The number of rotatable bonds is 9. The van der Waals surface area contributed by atoms with Crippen LogP contribution in [0.3, 0.4) is 0 Å². The molecule has 0 spiro atoms. The molecule has 1 rings (SSSR count). The van der Waals surface area contributed by atoms with E-state index in [2.05, 4.69) is 17.0 Å². The highest BCUT2D eigenvalue weighted by atomic mass is 32.2. The Morgan fingerprint density at radius 2 is 1.95 bits per heavy atom. The van der Waals surface area contributed by atoms with Gasteiger partial charge in [-0.1, -0.05) is 6.92 Å². The molecule has 0 aromatic rings. The summed E-state index contributed by atoms with van der Waals surface area (Å²) >= 11 is 0. The molecule has 1 aliphatic rings. The van der Waals surface area contributed by atoms with Crippen LogP contribution in [0.15, 0.2) is 0 Å². The molecule has 6 nitrogen and oxygen atoms in total. The van der Waals surface area contributed by atoms with E-state index in [0.717, 1.165) is 25.9 Å². The van der Waals surface area contributed by atoms with Crippen LogP contribution >= 0.6 is 0 Å². The zero-order valence-corrected chi connectivity index (χ0v) is 13.7. The second-order valence-electron chi connectivity index (χ2n) is 5.47. The summed E-state index contributed by atoms with van der Waals surface area (Å²) < 4.78 is 33.7. The number of nitrogens with zero attached hydrogens (tertiary/aromatic N) is 1. The van der Waals surface area contributed by atoms with E-state index in [0.29, 0.717) is 32.2 Å². The number of nitrogens with one attached hydrogen (secondary N) is 2. The third-order valence-electron chi connectivity index (χ3n) is 3.43. The fraction of sp³-hybridized carbons (Fsp3) is 1.00. The molecule has 1 saturated heterocycles. The van der Waals surface area contributed by atoms with Gasteiger partial charge < -0.3 is 10.1 Å². The molecule has 1 heterocycles. The van der Waals surface area contributed by atoms with Crippen LogP contribution in [0.1, 0.15) is 33.6 Å². The molecule has 0 bridgehead atoms. The lowest BCUT2D eigenvalue weighted by atomic mass is 9.98. The predicted molar refractivity (Wildman–Crippen MR) is 80.9 cm³/mol. The fourth-order valence-corrected chi connectivity index (χ4v) is 3.47. The van der Waals surface area contributed by atoms with E-state index in [1.165, 1.54) is 0 Å². The molecule has 0 atom stereocenters. The van der Waals surface area contributed by atoms with Crippen molar-refractivity contribution in [3.63, 3.8) is 0 Å². The Kier molecular flexibility index (Phi) is 7.98. The van der Waals surface area contributed by atoms with Gasteiger partial charge in [0.25, 0.3) is 10.2 Å². The highest BCUT2D eigenvalue weighted by molar-refractivity contribution is 7.87. The monoisotopic (exact) mass is 307 g/mol. The fourth-order valence-electron chi connectivity index (χ4n) is 2.26. The molecule has 2 N–H and O–H groups in total. The van der Waals surface area contributed by atoms with E-state index >= 15 is 0 Å². The summed E-state index contributed by atoms with van der Waals surface area (Å²) in [6.45, 7) is 9.87. The van der Waals surface area contributed by atoms with Gasteiger partial charge >= 0.3 is 0 Å². The summed E-state index contributed by atoms with van der Waals surface area (Å²) in [5, 5.41) is 3.32. The van der Waals surface area contributed by atoms with Gasteiger partial charge in [-0.2, -0.15) is 17.4 Å². The van der Waals surface area contributed by atoms with Gasteiger partial charge in [-0.05, 0) is 45.7 Å². The van der Waals surface area contributed by atoms with Gasteiger partial charge in [-0.3, -0.25) is 0 Å². The minimum absolute atomic E-state index is 0.126. The maximum absolute atomic E-state index is 12.1. The lowest BCUT2D eigenvalue weighted by Gasteiger charge is -2.31. The Morgan fingerprint density at radius 3 is 2.50 bits per heavy atom. The quantitative estimate of drug-likeness (QED) is 0.611. The highest BCUT2D eigenvalue weighted by Gasteiger charge is 2.27. The minimum Gasteiger partial charge on any atom is -0.377 e. The Morgan fingerprint density at radius 1 is 1.30 bits per heavy atom. The lowest BCUT2D eigenvalue weighted by molar-refractivity contribution is 0.0831. The molecule has 1 aliphatic heterocycles. The first-order valence-electron chi connectivity index (χ1n) is 7.52. The van der Waals surface area contributed by atoms with Crippen LogP contribution < -0.4 is 10.0 Å². The zero-order chi connectivity index (χ0) is 15.0. The van der Waals surface area contributed by atoms with Crippen molar-refractivity contribution in [1.29, 1.82) is 0 Å². The average Bonchev–Trinajstić information content (AvgIpc) is 2.42. The van der Waals surface area contributed by atoms with Gasteiger partial charge in [0.2, 0.25) is 0 Å². The van der Waals surface area contributed by atoms with Gasteiger partial charge in [0.1, 0.15) is 0 Å². The normalized spacial score (nSPS) is 18.8. The molecule has 0 radical (unpaired) electrons. The molecular formula is C13H29N3O3S. The molecule has 0 saturated carbocycles. The lowest BCUT2D eigenvalue weighted by Crippen LogP contribution is -2.46. The highest BCUT2D eigenvalue weighted by Crippen LogP contribution is 2.18. The van der Waals surface area contributed by atoms with Crippen molar-refractivity contribution in [3.05, 3.63) is 0 Å². The molecule has 1 fully saturated rings. The Labute approximate surface area is 123 Å². The maximum atomic E-state index is 12.1. The van der Waals surface area contributed by atoms with Crippen molar-refractivity contribution < 1.29 is 13.2 Å². The Hall–Kier alpha value is -0.210. The first-order valence-corrected chi connectivity index (χ1v) is 8.96. The van der Waals surface area contributed by atoms with Crippen molar-refractivity contribution in [2.24, 2.45) is 5.92 Å². The van der Waals surface area contributed by atoms with Crippen LogP contribution in [0.5, 0.6) is 0 Å². The van der Waals surface area contributed by atoms with E-state index < -0.39 is 10.2 Å². The summed E-state index contributed by atoms with van der Waals surface area (Å²) in [6, 6.07) is 0. The molecule has 0 unspecified atom stereocenters. The van der Waals surface area contributed by atoms with Crippen LogP contribution in [-0.2, 0) is 14.9 Å². The SMILES string of the molecule is CCNCC1CCN(S(=O)(=O)NCCOC(C)C)CC1. The standard InChI is InChI=1S/C13H29N3O3S/c1-4-14-11-13-5-8-16(9-6-13)20(17,18)15-7-10-19-12(2)3/h12-15H,4-11H2,1-3H3. The van der Waals surface area contributed by atoms with Gasteiger partial charge in [0.15, 0.2) is 0 Å². The third-order valence-corrected chi connectivity index (χ3v) is 5.05. The molecule has 120 valence electrons. The Balaban J connectivity index is 2.28. The molecule has 7 heteroatoms. The average molecular weight is 307 g/mol. The predicted octanol–water partition coefficient (Wildman–Crippen LogP) is 0.567. The van der Waals surface area contributed by atoms with Crippen LogP contribution in [0.25, 0.3) is 0 Å². The van der Waals surface area contributed by atoms with Crippen LogP contribution in [0.4, 0.5) is 0 Å². The number of hydrogen-bond donors (Lipinski definition) is 2. The summed E-state index contributed by atoms with van der Waals surface area (Å²) in [5.74, 6) is 0.589. The third kappa shape index (κ3) is 6.49. The summed E-state index contributed by atoms with van der Waals surface area (Å²) in [5.41, 5.74) is 0. The van der Waals surface area contributed by atoms with Crippen molar-refractivity contribution in [2.75, 3.05) is 39.3 Å². The van der Waals surface area contributed by atoms with E-state index in [9.17, 15) is 8.42 Å². The topological polar surface area (TPSA) is 70.7 Å². The number of piperidine rings is 1. The molecule has 0 amide bonds. The van der Waals surface area contributed by atoms with E-state index in [1.807, 2.05) is 13.8 Å². The van der Waals surface area contributed by atoms with E-state index in [1.54, 1.807) is 4.31 Å². The van der Waals surface area contributed by atoms with Gasteiger partial charge in [-0.15, -0.1) is 0 Å². The maximum Gasteiger partial charge on any atom is 0.279 e. The molecule has 20 heavy (non-hydrogen) atoms. The Bertz CT molecular complexity index is 352. The molecule has 0 aromatic heterocycles. The zero-order valence-electron chi connectivity index (χ0n) is 12.9. The minimum atomic E-state index is -3.34. The van der Waals surface area contributed by atoms with Crippen molar-refractivity contribution >= 4 is 10.2 Å². The molecule has 0 aromatic carbocycles. The van der Waals surface area contributed by atoms with Gasteiger partial charge in [0.05, 0.1) is 12.7 Å². The second-order valence-corrected chi connectivity index (χ2v) is 7.22. The summed E-state index contributed by atoms with van der Waals surface area (Å²) in [4.78, 5) is 0. The number of ether oxygens (including phenoxy) is 1. The molecule has 0 aliphatic carbocycles. The van der Waals surface area contributed by atoms with E-state index in [-0.39, 0.29) is 6.10 Å². The second kappa shape index (κ2) is 8.94. The largest absolute Gasteiger partial charge is 0.377 e. The smallest absolute Gasteiger partial charge is 0.279 e. The van der Waals surface area contributed by atoms with Crippen molar-refractivity contribution in [1.82, 2.24) is 14.3 Å². The van der Waals surface area contributed by atoms with Crippen LogP contribution in [0, 0.1) is 5.92 Å². The van der Waals surface area contributed by atoms with Gasteiger partial charge in [0, 0.05) is 19.6 Å². The van der Waals surface area contributed by atoms with Crippen molar-refractivity contribution in [2.45, 2.75) is 39.7 Å². The van der Waals surface area contributed by atoms with Gasteiger partial charge in [-0.25, -0.2) is 0 Å². The van der Waals surface area contributed by atoms with E-state index in [4.69, 9.17) is 4.74 Å². The van der Waals surface area contributed by atoms with Crippen LogP contribution in [-0.4, -0.2) is 58.2 Å². The first-order chi connectivity index (χ1) is 9.45. The first kappa shape index (κ1) is 17.8. The molecular weight excluding hydrogens is 278 g/mol. The number of hydrogen-bond acceptors (Lipinski definition) is 4. The summed E-state index contributed by atoms with van der Waals surface area (Å²) in [7, 11) is -3.34. The van der Waals surface area contributed by atoms with Crippen molar-refractivity contribution in [3.8, 4) is 0 Å².